The van der Waals surface area contributed by atoms with Gasteiger partial charge in [-0.2, -0.15) is 0 Å². The van der Waals surface area contributed by atoms with Crippen molar-refractivity contribution < 1.29 is 9.59 Å². The summed E-state index contributed by atoms with van der Waals surface area (Å²) in [4.78, 5) is 28.8. The van der Waals surface area contributed by atoms with E-state index in [1.54, 1.807) is 0 Å². The van der Waals surface area contributed by atoms with Gasteiger partial charge in [0, 0.05) is 49.5 Å². The lowest BCUT2D eigenvalue weighted by Gasteiger charge is -2.36. The molecule has 1 fully saturated rings. The number of rotatable bonds is 5. The molecule has 31 heavy (non-hydrogen) atoms. The molecule has 0 saturated carbocycles. The number of carbonyl (C=O) groups is 2. The average Bonchev–Trinajstić information content (AvgIpc) is 2.73. The third kappa shape index (κ3) is 6.28. The van der Waals surface area contributed by atoms with E-state index >= 15 is 0 Å². The van der Waals surface area contributed by atoms with Crippen molar-refractivity contribution in [2.75, 3.05) is 36.4 Å². The Bertz CT molecular complexity index is 935. The normalized spacial score (nSPS) is 13.8. The Morgan fingerprint density at radius 2 is 1.65 bits per heavy atom. The highest BCUT2D eigenvalue weighted by atomic mass is 32.1. The van der Waals surface area contributed by atoms with Gasteiger partial charge in [-0.05, 0) is 61.0 Å². The van der Waals surface area contributed by atoms with Crippen LogP contribution in [0.2, 0.25) is 0 Å². The van der Waals surface area contributed by atoms with Crippen molar-refractivity contribution >= 4 is 40.5 Å². The van der Waals surface area contributed by atoms with Crippen LogP contribution in [-0.4, -0.2) is 48.0 Å². The van der Waals surface area contributed by atoms with Crippen LogP contribution in [0.1, 0.15) is 36.2 Å². The second kappa shape index (κ2) is 10.4. The highest BCUT2D eigenvalue weighted by Gasteiger charge is 2.23. The van der Waals surface area contributed by atoms with Gasteiger partial charge in [0.25, 0.3) is 5.91 Å². The van der Waals surface area contributed by atoms with Gasteiger partial charge in [0.1, 0.15) is 0 Å². The van der Waals surface area contributed by atoms with Crippen LogP contribution < -0.4 is 15.5 Å². The fraction of sp³-hybridized carbons (Fsp3) is 0.375. The Kier molecular flexibility index (Phi) is 7.63. The number of benzene rings is 2. The minimum Gasteiger partial charge on any atom is -0.368 e. The molecule has 1 aliphatic heterocycles. The monoisotopic (exact) mass is 438 g/mol. The van der Waals surface area contributed by atoms with Crippen LogP contribution in [0.4, 0.5) is 11.4 Å². The first-order valence-electron chi connectivity index (χ1n) is 10.6. The zero-order chi connectivity index (χ0) is 22.4. The van der Waals surface area contributed by atoms with Gasteiger partial charge in [0.05, 0.1) is 0 Å². The second-order valence-electron chi connectivity index (χ2n) is 8.24. The van der Waals surface area contributed by atoms with Gasteiger partial charge in [-0.1, -0.05) is 32.0 Å². The number of piperazine rings is 1. The quantitative estimate of drug-likeness (QED) is 0.695. The lowest BCUT2D eigenvalue weighted by molar-refractivity contribution is -0.120. The molecular formula is C24H30N4O2S. The van der Waals surface area contributed by atoms with Gasteiger partial charge < -0.3 is 20.4 Å². The number of nitrogens with one attached hydrogen (secondary N) is 2. The molecule has 2 aromatic carbocycles. The van der Waals surface area contributed by atoms with E-state index in [1.165, 1.54) is 0 Å². The van der Waals surface area contributed by atoms with Crippen LogP contribution in [0, 0.1) is 12.8 Å². The SMILES string of the molecule is Cc1ccccc1C(=O)N1CCN(c2ccc(NC(=S)NC(=O)CC(C)C)cc2)CC1. The van der Waals surface area contributed by atoms with Crippen molar-refractivity contribution in [3.8, 4) is 0 Å². The molecule has 2 amide bonds. The standard InChI is InChI=1S/C24H30N4O2S/c1-17(2)16-22(29)26-24(31)25-19-8-10-20(11-9-19)27-12-14-28(15-13-27)23(30)21-7-5-4-6-18(21)3/h4-11,17H,12-16H2,1-3H3,(H2,25,26,29,31). The summed E-state index contributed by atoms with van der Waals surface area (Å²) in [7, 11) is 0. The molecular weight excluding hydrogens is 408 g/mol. The summed E-state index contributed by atoms with van der Waals surface area (Å²) in [6.07, 6.45) is 0.444. The summed E-state index contributed by atoms with van der Waals surface area (Å²) < 4.78 is 0. The van der Waals surface area contributed by atoms with Gasteiger partial charge >= 0.3 is 0 Å². The molecule has 2 N–H and O–H groups in total. The molecule has 0 radical (unpaired) electrons. The number of aryl methyl sites for hydroxylation is 1. The molecule has 164 valence electrons. The number of hydrogen-bond donors (Lipinski definition) is 2. The van der Waals surface area contributed by atoms with E-state index < -0.39 is 0 Å². The van der Waals surface area contributed by atoms with E-state index in [0.717, 1.165) is 35.6 Å². The highest BCUT2D eigenvalue weighted by molar-refractivity contribution is 7.80. The number of anilines is 2. The Morgan fingerprint density at radius 1 is 1.00 bits per heavy atom. The van der Waals surface area contributed by atoms with Crippen molar-refractivity contribution in [2.24, 2.45) is 5.92 Å². The van der Waals surface area contributed by atoms with Crippen molar-refractivity contribution in [3.05, 3.63) is 59.7 Å². The molecule has 2 aromatic rings. The van der Waals surface area contributed by atoms with Crippen molar-refractivity contribution in [1.82, 2.24) is 10.2 Å². The molecule has 0 atom stereocenters. The number of carbonyl (C=O) groups excluding carboxylic acids is 2. The predicted molar refractivity (Wildman–Crippen MR) is 130 cm³/mol. The first-order chi connectivity index (χ1) is 14.8. The minimum atomic E-state index is -0.0813. The summed E-state index contributed by atoms with van der Waals surface area (Å²) in [6.45, 7) is 8.92. The minimum absolute atomic E-state index is 0.0813. The Balaban J connectivity index is 1.51. The van der Waals surface area contributed by atoms with Crippen molar-refractivity contribution in [1.29, 1.82) is 0 Å². The zero-order valence-electron chi connectivity index (χ0n) is 18.4. The van der Waals surface area contributed by atoms with E-state index in [1.807, 2.05) is 74.2 Å². The van der Waals surface area contributed by atoms with Crippen LogP contribution in [0.5, 0.6) is 0 Å². The number of amides is 2. The van der Waals surface area contributed by atoms with E-state index in [2.05, 4.69) is 15.5 Å². The summed E-state index contributed by atoms with van der Waals surface area (Å²) in [5.41, 5.74) is 3.72. The molecule has 6 nitrogen and oxygen atoms in total. The Hall–Kier alpha value is -2.93. The average molecular weight is 439 g/mol. The predicted octanol–water partition coefficient (Wildman–Crippen LogP) is 3.82. The molecule has 1 saturated heterocycles. The fourth-order valence-electron chi connectivity index (χ4n) is 3.62. The van der Waals surface area contributed by atoms with Gasteiger partial charge in [-0.15, -0.1) is 0 Å². The summed E-state index contributed by atoms with van der Waals surface area (Å²) in [5.74, 6) is 0.308. The van der Waals surface area contributed by atoms with Crippen LogP contribution in [0.3, 0.4) is 0 Å². The van der Waals surface area contributed by atoms with Gasteiger partial charge in [0.15, 0.2) is 5.11 Å². The maximum absolute atomic E-state index is 12.8. The summed E-state index contributed by atoms with van der Waals surface area (Å²) >= 11 is 5.22. The number of thiocarbonyl (C=S) groups is 1. The Labute approximate surface area is 189 Å². The maximum Gasteiger partial charge on any atom is 0.254 e. The first kappa shape index (κ1) is 22.7. The van der Waals surface area contributed by atoms with E-state index in [4.69, 9.17) is 12.2 Å². The van der Waals surface area contributed by atoms with Crippen LogP contribution in [-0.2, 0) is 4.79 Å². The Morgan fingerprint density at radius 3 is 2.26 bits per heavy atom. The lowest BCUT2D eigenvalue weighted by atomic mass is 10.1. The third-order valence-electron chi connectivity index (χ3n) is 5.28. The van der Waals surface area contributed by atoms with Crippen LogP contribution in [0.25, 0.3) is 0 Å². The van der Waals surface area contributed by atoms with E-state index in [0.29, 0.717) is 24.6 Å². The molecule has 1 heterocycles. The topological polar surface area (TPSA) is 64.7 Å². The first-order valence-corrected chi connectivity index (χ1v) is 11.0. The van der Waals surface area contributed by atoms with Crippen LogP contribution in [0.15, 0.2) is 48.5 Å². The van der Waals surface area contributed by atoms with Crippen molar-refractivity contribution in [3.63, 3.8) is 0 Å². The molecule has 0 bridgehead atoms. The van der Waals surface area contributed by atoms with E-state index in [9.17, 15) is 9.59 Å². The van der Waals surface area contributed by atoms with Gasteiger partial charge in [-0.25, -0.2) is 0 Å². The zero-order valence-corrected chi connectivity index (χ0v) is 19.2. The molecule has 0 unspecified atom stereocenters. The molecule has 0 aliphatic carbocycles. The maximum atomic E-state index is 12.8. The van der Waals surface area contributed by atoms with Gasteiger partial charge in [-0.3, -0.25) is 9.59 Å². The number of hydrogen-bond acceptors (Lipinski definition) is 4. The summed E-state index contributed by atoms with van der Waals surface area (Å²) in [5, 5.41) is 6.06. The number of nitrogens with zero attached hydrogens (tertiary/aromatic N) is 2. The summed E-state index contributed by atoms with van der Waals surface area (Å²) in [6, 6.07) is 15.7. The molecule has 0 aromatic heterocycles. The largest absolute Gasteiger partial charge is 0.368 e. The molecule has 7 heteroatoms. The van der Waals surface area contributed by atoms with Crippen LogP contribution >= 0.6 is 12.2 Å². The van der Waals surface area contributed by atoms with Gasteiger partial charge in [0.2, 0.25) is 5.91 Å². The smallest absolute Gasteiger partial charge is 0.254 e. The highest BCUT2D eigenvalue weighted by Crippen LogP contribution is 2.21. The van der Waals surface area contributed by atoms with E-state index in [-0.39, 0.29) is 17.7 Å². The second-order valence-corrected chi connectivity index (χ2v) is 8.65. The molecule has 3 rings (SSSR count). The molecule has 1 aliphatic rings. The van der Waals surface area contributed by atoms with Crippen molar-refractivity contribution in [2.45, 2.75) is 27.2 Å². The fourth-order valence-corrected chi connectivity index (χ4v) is 3.85. The molecule has 0 spiro atoms. The lowest BCUT2D eigenvalue weighted by Crippen LogP contribution is -2.48. The third-order valence-corrected chi connectivity index (χ3v) is 5.48.